The van der Waals surface area contributed by atoms with E-state index in [0.717, 1.165) is 0 Å². The van der Waals surface area contributed by atoms with Gasteiger partial charge >= 0.3 is 0 Å². The van der Waals surface area contributed by atoms with Crippen LogP contribution in [0.1, 0.15) is 18.4 Å². The third-order valence-corrected chi connectivity index (χ3v) is 7.46. The molecule has 0 aliphatic carbocycles. The predicted octanol–water partition coefficient (Wildman–Crippen LogP) is 2.65. The summed E-state index contributed by atoms with van der Waals surface area (Å²) in [4.78, 5) is 28.6. The number of nitrogens with zero attached hydrogens (tertiary/aromatic N) is 3. The number of carbonyl (C=O) groups is 2. The highest BCUT2D eigenvalue weighted by molar-refractivity contribution is 7.89. The van der Waals surface area contributed by atoms with E-state index in [9.17, 15) is 22.4 Å². The van der Waals surface area contributed by atoms with E-state index >= 15 is 0 Å². The van der Waals surface area contributed by atoms with Crippen molar-refractivity contribution in [2.75, 3.05) is 32.7 Å². The number of rotatable bonds is 9. The second-order valence-corrected chi connectivity index (χ2v) is 9.69. The number of hydrogen-bond donors (Lipinski definition) is 0. The maximum atomic E-state index is 14.0. The van der Waals surface area contributed by atoms with Gasteiger partial charge in [0.15, 0.2) is 0 Å². The first kappa shape index (κ1) is 24.6. The summed E-state index contributed by atoms with van der Waals surface area (Å²) in [5.41, 5.74) is 0.398. The van der Waals surface area contributed by atoms with E-state index in [0.29, 0.717) is 5.56 Å². The molecule has 0 unspecified atom stereocenters. The Labute approximate surface area is 194 Å². The number of carbonyl (C=O) groups excluding carboxylic acids is 2. The van der Waals surface area contributed by atoms with Crippen LogP contribution < -0.4 is 0 Å². The highest BCUT2D eigenvalue weighted by atomic mass is 32.2. The lowest BCUT2D eigenvalue weighted by Gasteiger charge is -2.34. The largest absolute Gasteiger partial charge is 0.340 e. The van der Waals surface area contributed by atoms with Gasteiger partial charge < -0.3 is 9.80 Å². The topological polar surface area (TPSA) is 78.0 Å². The number of benzene rings is 2. The molecule has 9 heteroatoms. The van der Waals surface area contributed by atoms with Crippen LogP contribution in [0.15, 0.2) is 72.1 Å². The minimum atomic E-state index is -3.59. The molecule has 1 saturated heterocycles. The average Bonchev–Trinajstić information content (AvgIpc) is 2.84. The SMILES string of the molecule is C=CCN(Cc1ccccc1F)C(=O)CCC(=O)N1CCN(S(=O)(=O)c2ccccc2)CC1. The van der Waals surface area contributed by atoms with Crippen LogP contribution in [0, 0.1) is 5.82 Å². The van der Waals surface area contributed by atoms with E-state index in [1.165, 1.54) is 15.3 Å². The Morgan fingerprint density at radius 2 is 1.61 bits per heavy atom. The molecule has 3 rings (SSSR count). The van der Waals surface area contributed by atoms with Gasteiger partial charge in [-0.05, 0) is 18.2 Å². The number of sulfonamides is 1. The molecule has 2 aromatic carbocycles. The van der Waals surface area contributed by atoms with Gasteiger partial charge in [0, 0.05) is 57.7 Å². The highest BCUT2D eigenvalue weighted by Crippen LogP contribution is 2.18. The second kappa shape index (κ2) is 11.2. The van der Waals surface area contributed by atoms with Gasteiger partial charge in [-0.2, -0.15) is 4.31 Å². The normalized spacial score (nSPS) is 14.6. The Bertz CT molecular complexity index is 1080. The highest BCUT2D eigenvalue weighted by Gasteiger charge is 2.30. The van der Waals surface area contributed by atoms with E-state index in [1.807, 2.05) is 0 Å². The van der Waals surface area contributed by atoms with Gasteiger partial charge in [0.1, 0.15) is 5.82 Å². The van der Waals surface area contributed by atoms with Crippen LogP contribution in [0.3, 0.4) is 0 Å². The molecule has 1 aliphatic rings. The lowest BCUT2D eigenvalue weighted by Crippen LogP contribution is -2.50. The van der Waals surface area contributed by atoms with Crippen LogP contribution in [-0.2, 0) is 26.2 Å². The van der Waals surface area contributed by atoms with Crippen molar-refractivity contribution in [3.63, 3.8) is 0 Å². The quantitative estimate of drug-likeness (QED) is 0.525. The van der Waals surface area contributed by atoms with Crippen molar-refractivity contribution < 1.29 is 22.4 Å². The van der Waals surface area contributed by atoms with Crippen LogP contribution in [0.2, 0.25) is 0 Å². The number of halogens is 1. The van der Waals surface area contributed by atoms with Gasteiger partial charge in [0.25, 0.3) is 0 Å². The molecular weight excluding hydrogens is 445 g/mol. The molecule has 0 bridgehead atoms. The zero-order chi connectivity index (χ0) is 23.8. The van der Waals surface area contributed by atoms with Gasteiger partial charge in [-0.15, -0.1) is 6.58 Å². The van der Waals surface area contributed by atoms with Crippen molar-refractivity contribution in [3.8, 4) is 0 Å². The fraction of sp³-hybridized carbons (Fsp3) is 0.333. The zero-order valence-corrected chi connectivity index (χ0v) is 19.2. The standard InChI is InChI=1S/C24H28FN3O4S/c1-2-14-27(19-20-8-6-7-11-22(20)25)24(30)13-12-23(29)26-15-17-28(18-16-26)33(31,32)21-9-4-3-5-10-21/h2-11H,1,12-19H2. The molecule has 0 radical (unpaired) electrons. The average molecular weight is 474 g/mol. The third kappa shape index (κ3) is 6.27. The van der Waals surface area contributed by atoms with E-state index in [2.05, 4.69) is 6.58 Å². The molecule has 1 heterocycles. The zero-order valence-electron chi connectivity index (χ0n) is 18.4. The fourth-order valence-electron chi connectivity index (χ4n) is 3.69. The molecule has 33 heavy (non-hydrogen) atoms. The van der Waals surface area contributed by atoms with Crippen LogP contribution in [-0.4, -0.2) is 67.1 Å². The Morgan fingerprint density at radius 1 is 0.970 bits per heavy atom. The van der Waals surface area contributed by atoms with Gasteiger partial charge in [-0.1, -0.05) is 42.5 Å². The maximum absolute atomic E-state index is 14.0. The van der Waals surface area contributed by atoms with Gasteiger partial charge in [-0.25, -0.2) is 12.8 Å². The fourth-order valence-corrected chi connectivity index (χ4v) is 5.14. The lowest BCUT2D eigenvalue weighted by molar-refractivity contribution is -0.137. The predicted molar refractivity (Wildman–Crippen MR) is 123 cm³/mol. The smallest absolute Gasteiger partial charge is 0.243 e. The summed E-state index contributed by atoms with van der Waals surface area (Å²) >= 11 is 0. The molecular formula is C24H28FN3O4S. The van der Waals surface area contributed by atoms with E-state index < -0.39 is 15.8 Å². The van der Waals surface area contributed by atoms with Gasteiger partial charge in [0.05, 0.1) is 4.90 Å². The molecule has 0 atom stereocenters. The molecule has 0 N–H and O–H groups in total. The Kier molecular flexibility index (Phi) is 8.35. The maximum Gasteiger partial charge on any atom is 0.243 e. The molecule has 1 aliphatic heterocycles. The Hall–Kier alpha value is -3.04. The van der Waals surface area contributed by atoms with Crippen LogP contribution >= 0.6 is 0 Å². The number of piperazine rings is 1. The van der Waals surface area contributed by atoms with Crippen molar-refractivity contribution in [3.05, 3.63) is 78.6 Å². The molecule has 0 aromatic heterocycles. The Balaban J connectivity index is 1.51. The van der Waals surface area contributed by atoms with Crippen molar-refractivity contribution in [2.24, 2.45) is 0 Å². The van der Waals surface area contributed by atoms with E-state index in [4.69, 9.17) is 0 Å². The van der Waals surface area contributed by atoms with Gasteiger partial charge in [0.2, 0.25) is 21.8 Å². The van der Waals surface area contributed by atoms with Crippen molar-refractivity contribution in [2.45, 2.75) is 24.3 Å². The van der Waals surface area contributed by atoms with Crippen molar-refractivity contribution in [1.82, 2.24) is 14.1 Å². The van der Waals surface area contributed by atoms with Crippen molar-refractivity contribution >= 4 is 21.8 Å². The summed E-state index contributed by atoms with van der Waals surface area (Å²) < 4.78 is 40.8. The molecule has 176 valence electrons. The Morgan fingerprint density at radius 3 is 2.24 bits per heavy atom. The van der Waals surface area contributed by atoms with Crippen molar-refractivity contribution in [1.29, 1.82) is 0 Å². The molecule has 2 amide bonds. The van der Waals surface area contributed by atoms with E-state index in [1.54, 1.807) is 59.5 Å². The van der Waals surface area contributed by atoms with Crippen LogP contribution in [0.4, 0.5) is 4.39 Å². The van der Waals surface area contributed by atoms with Gasteiger partial charge in [-0.3, -0.25) is 9.59 Å². The first-order chi connectivity index (χ1) is 15.8. The summed E-state index contributed by atoms with van der Waals surface area (Å²) in [6.45, 7) is 4.93. The third-order valence-electron chi connectivity index (χ3n) is 5.55. The molecule has 1 fully saturated rings. The summed E-state index contributed by atoms with van der Waals surface area (Å²) in [6, 6.07) is 14.4. The summed E-state index contributed by atoms with van der Waals surface area (Å²) in [7, 11) is -3.59. The van der Waals surface area contributed by atoms with E-state index in [-0.39, 0.29) is 68.8 Å². The second-order valence-electron chi connectivity index (χ2n) is 7.75. The minimum Gasteiger partial charge on any atom is -0.340 e. The molecule has 0 saturated carbocycles. The number of hydrogen-bond acceptors (Lipinski definition) is 4. The monoisotopic (exact) mass is 473 g/mol. The van der Waals surface area contributed by atoms with Crippen LogP contribution in [0.5, 0.6) is 0 Å². The summed E-state index contributed by atoms with van der Waals surface area (Å²) in [5.74, 6) is -0.861. The lowest BCUT2D eigenvalue weighted by atomic mass is 10.1. The molecule has 7 nitrogen and oxygen atoms in total. The first-order valence-corrected chi connectivity index (χ1v) is 12.2. The first-order valence-electron chi connectivity index (χ1n) is 10.8. The van der Waals surface area contributed by atoms with Crippen LogP contribution in [0.25, 0.3) is 0 Å². The summed E-state index contributed by atoms with van der Waals surface area (Å²) in [6.07, 6.45) is 1.56. The summed E-state index contributed by atoms with van der Waals surface area (Å²) in [5, 5.41) is 0. The molecule has 0 spiro atoms. The minimum absolute atomic E-state index is 0.00911. The number of amides is 2. The molecule has 2 aromatic rings.